The first kappa shape index (κ1) is 31.4. The van der Waals surface area contributed by atoms with Gasteiger partial charge in [0.15, 0.2) is 12.3 Å². The number of hydroxylamine groups is 2. The number of nitrogens with zero attached hydrogens (tertiary/aromatic N) is 4. The zero-order chi connectivity index (χ0) is 28.0. The van der Waals surface area contributed by atoms with E-state index in [0.717, 1.165) is 25.9 Å². The Morgan fingerprint density at radius 3 is 2.32 bits per heavy atom. The summed E-state index contributed by atoms with van der Waals surface area (Å²) >= 11 is 1.62. The van der Waals surface area contributed by atoms with Crippen LogP contribution in [0.1, 0.15) is 53.4 Å². The number of amides is 3. The Morgan fingerprint density at radius 2 is 1.76 bits per heavy atom. The minimum atomic E-state index is -3.71. The van der Waals surface area contributed by atoms with Crippen molar-refractivity contribution in [3.63, 3.8) is 0 Å². The minimum absolute atomic E-state index is 0.0241. The molecule has 0 aliphatic carbocycles. The van der Waals surface area contributed by atoms with Crippen molar-refractivity contribution in [2.45, 2.75) is 77.7 Å². The third-order valence-corrected chi connectivity index (χ3v) is 9.87. The van der Waals surface area contributed by atoms with Crippen LogP contribution < -0.4 is 0 Å². The van der Waals surface area contributed by atoms with Crippen molar-refractivity contribution >= 4 is 37.1 Å². The lowest BCUT2D eigenvalue weighted by Crippen LogP contribution is -2.74. The first-order valence-corrected chi connectivity index (χ1v) is 16.8. The van der Waals surface area contributed by atoms with Crippen LogP contribution in [0, 0.1) is 5.92 Å². The van der Waals surface area contributed by atoms with Gasteiger partial charge in [0, 0.05) is 6.04 Å². The van der Waals surface area contributed by atoms with Crippen LogP contribution in [0.2, 0.25) is 0 Å². The largest absolute Gasteiger partial charge is 0.340 e. The summed E-state index contributed by atoms with van der Waals surface area (Å²) in [6, 6.07) is -0.663. The molecule has 0 saturated carbocycles. The molecule has 0 aromatic heterocycles. The number of hydrogen-bond donors (Lipinski definition) is 0. The number of thioether (sulfide) groups is 1. The van der Waals surface area contributed by atoms with Gasteiger partial charge in [0.05, 0.1) is 19.8 Å². The highest BCUT2D eigenvalue weighted by atomic mass is 32.2. The molecule has 3 rings (SSSR count). The van der Waals surface area contributed by atoms with Crippen molar-refractivity contribution in [1.29, 1.82) is 0 Å². The van der Waals surface area contributed by atoms with Crippen molar-refractivity contribution < 1.29 is 32.8 Å². The number of fused-ring (bicyclic) bond motifs is 1. The van der Waals surface area contributed by atoms with Crippen LogP contribution in [0.3, 0.4) is 0 Å². The molecule has 3 amide bonds. The maximum atomic E-state index is 13.9. The zero-order valence-corrected chi connectivity index (χ0v) is 25.4. The van der Waals surface area contributed by atoms with Crippen LogP contribution in [0.25, 0.3) is 0 Å². The molecule has 0 aromatic rings. The van der Waals surface area contributed by atoms with Crippen LogP contribution in [-0.4, -0.2) is 120 Å². The zero-order valence-electron chi connectivity index (χ0n) is 23.7. The van der Waals surface area contributed by atoms with Crippen molar-refractivity contribution in [2.75, 3.05) is 58.1 Å². The van der Waals surface area contributed by atoms with Gasteiger partial charge in [-0.1, -0.05) is 13.8 Å². The monoisotopic (exact) mass is 576 g/mol. The normalized spacial score (nSPS) is 25.9. The molecule has 38 heavy (non-hydrogen) atoms. The summed E-state index contributed by atoms with van der Waals surface area (Å²) < 4.78 is 24.0. The van der Waals surface area contributed by atoms with Gasteiger partial charge in [-0.2, -0.15) is 16.8 Å². The van der Waals surface area contributed by atoms with Crippen LogP contribution in [0.15, 0.2) is 0 Å². The van der Waals surface area contributed by atoms with E-state index in [1.807, 2.05) is 25.0 Å². The summed E-state index contributed by atoms with van der Waals surface area (Å²) in [6.45, 7) is 9.49. The second kappa shape index (κ2) is 13.9. The SMILES string of the molecule is CCOP(=O)(CC(=O)N1O[C@H](CC(C)C)C(=O)N2[C@@H]1CN(C1CCN(C)CC1)C(=O)[C@@H]2CCSC)OCC. The van der Waals surface area contributed by atoms with Gasteiger partial charge in [-0.3, -0.25) is 23.8 Å². The lowest BCUT2D eigenvalue weighted by Gasteiger charge is -2.55. The van der Waals surface area contributed by atoms with Crippen LogP contribution in [-0.2, 0) is 32.8 Å². The van der Waals surface area contributed by atoms with E-state index in [1.54, 1.807) is 30.5 Å². The Labute approximate surface area is 231 Å². The molecular formula is C25H45N4O7PS. The lowest BCUT2D eigenvalue weighted by atomic mass is 9.96. The molecule has 3 heterocycles. The summed E-state index contributed by atoms with van der Waals surface area (Å²) in [5.74, 6) is -0.0935. The highest BCUT2D eigenvalue weighted by Crippen LogP contribution is 2.48. The van der Waals surface area contributed by atoms with Crippen molar-refractivity contribution in [3.05, 3.63) is 0 Å². The number of likely N-dealkylation sites (tertiary alicyclic amines) is 1. The highest BCUT2D eigenvalue weighted by molar-refractivity contribution is 7.98. The molecule has 3 aliphatic rings. The van der Waals surface area contributed by atoms with E-state index in [4.69, 9.17) is 13.9 Å². The van der Waals surface area contributed by atoms with E-state index in [2.05, 4.69) is 11.9 Å². The molecule has 3 fully saturated rings. The standard InChI is InChI=1S/C25H45N4O7PS/c1-7-34-37(33,35-8-2)17-23(30)29-22-16-27(19-9-12-26(5)13-10-19)24(31)20(11-14-38-6)28(22)25(32)21(36-29)15-18(3)4/h18-22H,7-17H2,1-6H3/t20-,21+,22-/m0/s1. The molecule has 0 spiro atoms. The van der Waals surface area contributed by atoms with Gasteiger partial charge in [0.2, 0.25) is 5.91 Å². The molecule has 3 aliphatic heterocycles. The number of rotatable bonds is 12. The number of hydrogen-bond acceptors (Lipinski definition) is 9. The van der Waals surface area contributed by atoms with Crippen molar-refractivity contribution in [3.8, 4) is 0 Å². The van der Waals surface area contributed by atoms with Gasteiger partial charge in [-0.25, -0.2) is 0 Å². The number of carbonyl (C=O) groups is 3. The topological polar surface area (TPSA) is 109 Å². The molecule has 11 nitrogen and oxygen atoms in total. The maximum absolute atomic E-state index is 13.9. The molecule has 13 heteroatoms. The summed E-state index contributed by atoms with van der Waals surface area (Å²) in [6.07, 6.45) is 2.28. The molecule has 0 aromatic carbocycles. The number of piperazine rings is 1. The highest BCUT2D eigenvalue weighted by Gasteiger charge is 2.54. The second-order valence-corrected chi connectivity index (χ2v) is 13.6. The van der Waals surface area contributed by atoms with E-state index in [0.29, 0.717) is 18.6 Å². The molecule has 0 bridgehead atoms. The van der Waals surface area contributed by atoms with Crippen LogP contribution in [0.4, 0.5) is 0 Å². The van der Waals surface area contributed by atoms with Gasteiger partial charge >= 0.3 is 7.60 Å². The third-order valence-electron chi connectivity index (χ3n) is 7.26. The molecule has 3 saturated heterocycles. The molecule has 3 atom stereocenters. The molecule has 0 radical (unpaired) electrons. The molecule has 218 valence electrons. The summed E-state index contributed by atoms with van der Waals surface area (Å²) in [5.41, 5.74) is 0. The number of piperidine rings is 1. The number of carbonyl (C=O) groups excluding carboxylic acids is 3. The van der Waals surface area contributed by atoms with E-state index in [9.17, 15) is 18.9 Å². The summed E-state index contributed by atoms with van der Waals surface area (Å²) in [7, 11) is -1.64. The van der Waals surface area contributed by atoms with Gasteiger partial charge in [0.25, 0.3) is 11.8 Å². The summed E-state index contributed by atoms with van der Waals surface area (Å²) in [5, 5.41) is 1.19. The Balaban J connectivity index is 1.98. The first-order valence-electron chi connectivity index (χ1n) is 13.7. The van der Waals surface area contributed by atoms with Crippen molar-refractivity contribution in [2.24, 2.45) is 5.92 Å². The third kappa shape index (κ3) is 7.31. The Bertz CT molecular complexity index is 876. The van der Waals surface area contributed by atoms with Gasteiger partial charge in [-0.05, 0) is 77.6 Å². The second-order valence-electron chi connectivity index (χ2n) is 10.6. The van der Waals surface area contributed by atoms with Crippen LogP contribution >= 0.6 is 19.4 Å². The van der Waals surface area contributed by atoms with Gasteiger partial charge in [0.1, 0.15) is 12.2 Å². The van der Waals surface area contributed by atoms with Gasteiger partial charge in [-0.15, -0.1) is 0 Å². The fourth-order valence-corrected chi connectivity index (χ4v) is 7.43. The molecule has 0 unspecified atom stereocenters. The Kier molecular flexibility index (Phi) is 11.5. The maximum Gasteiger partial charge on any atom is 0.340 e. The Hall–Kier alpha value is -1.17. The fraction of sp³-hybridized carbons (Fsp3) is 0.880. The summed E-state index contributed by atoms with van der Waals surface area (Å²) in [4.78, 5) is 53.1. The fourth-order valence-electron chi connectivity index (χ4n) is 5.46. The van der Waals surface area contributed by atoms with Gasteiger partial charge < -0.3 is 23.7 Å². The van der Waals surface area contributed by atoms with E-state index < -0.39 is 38.0 Å². The minimum Gasteiger partial charge on any atom is -0.334 e. The van der Waals surface area contributed by atoms with E-state index >= 15 is 0 Å². The Morgan fingerprint density at radius 1 is 1.13 bits per heavy atom. The first-order chi connectivity index (χ1) is 18.0. The predicted octanol–water partition coefficient (Wildman–Crippen LogP) is 2.65. The molecule has 0 N–H and O–H groups in total. The predicted molar refractivity (Wildman–Crippen MR) is 147 cm³/mol. The quantitative estimate of drug-likeness (QED) is 0.324. The van der Waals surface area contributed by atoms with E-state index in [1.165, 1.54) is 5.06 Å². The average molecular weight is 577 g/mol. The van der Waals surface area contributed by atoms with Crippen LogP contribution in [0.5, 0.6) is 0 Å². The van der Waals surface area contributed by atoms with Crippen molar-refractivity contribution in [1.82, 2.24) is 19.8 Å². The molecular weight excluding hydrogens is 531 g/mol. The smallest absolute Gasteiger partial charge is 0.334 e. The lowest BCUT2D eigenvalue weighted by molar-refractivity contribution is -0.276. The average Bonchev–Trinajstić information content (AvgIpc) is 2.85. The van der Waals surface area contributed by atoms with E-state index in [-0.39, 0.29) is 43.5 Å².